The quantitative estimate of drug-likeness (QED) is 0.863. The number of carbonyl (C=O) groups excluding carboxylic acids is 1. The first-order valence-electron chi connectivity index (χ1n) is 6.98. The Hall–Kier alpha value is -1.10. The molecule has 0 aliphatic carbocycles. The fraction of sp³-hybridized carbons (Fsp3) is 0.533. The second-order valence-corrected chi connectivity index (χ2v) is 5.47. The molecule has 0 spiro atoms. The lowest BCUT2D eigenvalue weighted by Crippen LogP contribution is -2.57. The highest BCUT2D eigenvalue weighted by Gasteiger charge is 2.42. The van der Waals surface area contributed by atoms with Gasteiger partial charge in [-0.25, -0.2) is 4.79 Å². The lowest BCUT2D eigenvalue weighted by Gasteiger charge is -2.41. The van der Waals surface area contributed by atoms with Gasteiger partial charge in [0.1, 0.15) is 5.54 Å². The Kier molecular flexibility index (Phi) is 5.02. The van der Waals surface area contributed by atoms with Crippen LogP contribution in [0, 0.1) is 0 Å². The molecule has 0 aromatic heterocycles. The van der Waals surface area contributed by atoms with E-state index in [-0.39, 0.29) is 5.97 Å². The van der Waals surface area contributed by atoms with E-state index in [1.165, 1.54) is 0 Å². The minimum absolute atomic E-state index is 0.204. The van der Waals surface area contributed by atoms with Crippen molar-refractivity contribution in [1.29, 1.82) is 0 Å². The number of piperazine rings is 1. The highest BCUT2D eigenvalue weighted by Crippen LogP contribution is 2.31. The van der Waals surface area contributed by atoms with E-state index < -0.39 is 5.54 Å². The second-order valence-electron chi connectivity index (χ2n) is 5.04. The summed E-state index contributed by atoms with van der Waals surface area (Å²) in [5, 5.41) is 3.97. The van der Waals surface area contributed by atoms with Crippen molar-refractivity contribution in [2.75, 3.05) is 32.8 Å². The molecule has 1 saturated heterocycles. The molecule has 1 fully saturated rings. The average molecular weight is 297 g/mol. The lowest BCUT2D eigenvalue weighted by molar-refractivity contribution is -0.158. The Morgan fingerprint density at radius 3 is 2.50 bits per heavy atom. The summed E-state index contributed by atoms with van der Waals surface area (Å²) >= 11 is 5.95. The predicted octanol–water partition coefficient (Wildman–Crippen LogP) is 2.02. The third-order valence-electron chi connectivity index (χ3n) is 3.83. The highest BCUT2D eigenvalue weighted by atomic mass is 35.5. The van der Waals surface area contributed by atoms with Gasteiger partial charge in [0.05, 0.1) is 6.61 Å². The van der Waals surface area contributed by atoms with Crippen LogP contribution in [0.15, 0.2) is 24.3 Å². The Morgan fingerprint density at radius 1 is 1.35 bits per heavy atom. The number of halogens is 1. The number of hydrogen-bond donors (Lipinski definition) is 1. The van der Waals surface area contributed by atoms with Crippen LogP contribution in [0.4, 0.5) is 0 Å². The van der Waals surface area contributed by atoms with Gasteiger partial charge in [-0.3, -0.25) is 4.90 Å². The molecule has 110 valence electrons. The summed E-state index contributed by atoms with van der Waals surface area (Å²) in [6, 6.07) is 7.44. The molecular weight excluding hydrogens is 276 g/mol. The van der Waals surface area contributed by atoms with E-state index in [0.29, 0.717) is 11.6 Å². The highest BCUT2D eigenvalue weighted by molar-refractivity contribution is 6.30. The number of benzene rings is 1. The van der Waals surface area contributed by atoms with Gasteiger partial charge in [-0.2, -0.15) is 0 Å². The number of hydrogen-bond acceptors (Lipinski definition) is 4. The Labute approximate surface area is 125 Å². The molecule has 0 amide bonds. The van der Waals surface area contributed by atoms with Gasteiger partial charge in [0, 0.05) is 31.2 Å². The van der Waals surface area contributed by atoms with Crippen molar-refractivity contribution in [2.45, 2.75) is 19.4 Å². The van der Waals surface area contributed by atoms with Crippen LogP contribution in [0.25, 0.3) is 0 Å². The predicted molar refractivity (Wildman–Crippen MR) is 79.9 cm³/mol. The van der Waals surface area contributed by atoms with Crippen LogP contribution < -0.4 is 5.32 Å². The first-order chi connectivity index (χ1) is 9.59. The summed E-state index contributed by atoms with van der Waals surface area (Å²) in [7, 11) is 0. The number of nitrogens with one attached hydrogen (secondary N) is 1. The first kappa shape index (κ1) is 15.3. The molecule has 0 radical (unpaired) electrons. The minimum Gasteiger partial charge on any atom is -0.464 e. The van der Waals surface area contributed by atoms with Gasteiger partial charge < -0.3 is 10.1 Å². The van der Waals surface area contributed by atoms with Crippen molar-refractivity contribution >= 4 is 17.6 Å². The molecule has 1 unspecified atom stereocenters. The molecule has 0 saturated carbocycles. The van der Waals surface area contributed by atoms with Crippen LogP contribution in [-0.4, -0.2) is 43.7 Å². The fourth-order valence-corrected chi connectivity index (χ4v) is 2.71. The van der Waals surface area contributed by atoms with Gasteiger partial charge in [-0.15, -0.1) is 0 Å². The van der Waals surface area contributed by atoms with Gasteiger partial charge in [0.2, 0.25) is 0 Å². The standard InChI is InChI=1S/C15H21ClN2O2/c1-3-20-14(19)15(2,18-10-8-17-9-11-18)12-4-6-13(16)7-5-12/h4-7,17H,3,8-11H2,1-2H3. The van der Waals surface area contributed by atoms with E-state index in [0.717, 1.165) is 31.7 Å². The summed E-state index contributed by atoms with van der Waals surface area (Å²) < 4.78 is 5.31. The second kappa shape index (κ2) is 6.57. The summed E-state index contributed by atoms with van der Waals surface area (Å²) in [5.74, 6) is -0.204. The van der Waals surface area contributed by atoms with Gasteiger partial charge in [0.25, 0.3) is 0 Å². The summed E-state index contributed by atoms with van der Waals surface area (Å²) in [5.41, 5.74) is 0.158. The average Bonchev–Trinajstić information content (AvgIpc) is 2.48. The maximum atomic E-state index is 12.5. The van der Waals surface area contributed by atoms with Crippen LogP contribution in [-0.2, 0) is 15.1 Å². The molecule has 2 rings (SSSR count). The van der Waals surface area contributed by atoms with Gasteiger partial charge in [0.15, 0.2) is 0 Å². The van der Waals surface area contributed by atoms with Crippen molar-refractivity contribution in [3.05, 3.63) is 34.9 Å². The molecule has 1 aliphatic heterocycles. The van der Waals surface area contributed by atoms with E-state index in [1.807, 2.05) is 38.1 Å². The third-order valence-corrected chi connectivity index (χ3v) is 4.08. The molecule has 1 N–H and O–H groups in total. The van der Waals surface area contributed by atoms with E-state index in [2.05, 4.69) is 10.2 Å². The molecule has 1 heterocycles. The first-order valence-corrected chi connectivity index (χ1v) is 7.36. The van der Waals surface area contributed by atoms with Crippen LogP contribution in [0.1, 0.15) is 19.4 Å². The normalized spacial score (nSPS) is 19.4. The van der Waals surface area contributed by atoms with E-state index in [4.69, 9.17) is 16.3 Å². The lowest BCUT2D eigenvalue weighted by atomic mass is 9.89. The van der Waals surface area contributed by atoms with E-state index in [1.54, 1.807) is 0 Å². The van der Waals surface area contributed by atoms with Gasteiger partial charge >= 0.3 is 5.97 Å². The van der Waals surface area contributed by atoms with Gasteiger partial charge in [-0.05, 0) is 31.5 Å². The van der Waals surface area contributed by atoms with Crippen molar-refractivity contribution in [2.24, 2.45) is 0 Å². The number of rotatable bonds is 4. The molecule has 1 aliphatic rings. The Balaban J connectivity index is 2.36. The molecular formula is C15H21ClN2O2. The Morgan fingerprint density at radius 2 is 1.95 bits per heavy atom. The molecule has 4 nitrogen and oxygen atoms in total. The zero-order valence-electron chi connectivity index (χ0n) is 12.0. The maximum absolute atomic E-state index is 12.5. The SMILES string of the molecule is CCOC(=O)C(C)(c1ccc(Cl)cc1)N1CCNCC1. The van der Waals surface area contributed by atoms with Crippen LogP contribution >= 0.6 is 11.6 Å². The van der Waals surface area contributed by atoms with Crippen LogP contribution in [0.3, 0.4) is 0 Å². The van der Waals surface area contributed by atoms with Crippen molar-refractivity contribution in [3.8, 4) is 0 Å². The summed E-state index contributed by atoms with van der Waals surface area (Å²) in [6.07, 6.45) is 0. The molecule has 5 heteroatoms. The number of carbonyl (C=O) groups is 1. The third kappa shape index (κ3) is 2.97. The zero-order valence-corrected chi connectivity index (χ0v) is 12.7. The van der Waals surface area contributed by atoms with Crippen molar-refractivity contribution in [1.82, 2.24) is 10.2 Å². The number of esters is 1. The molecule has 20 heavy (non-hydrogen) atoms. The Bertz CT molecular complexity index is 457. The molecule has 0 bridgehead atoms. The minimum atomic E-state index is -0.761. The smallest absolute Gasteiger partial charge is 0.330 e. The van der Waals surface area contributed by atoms with E-state index >= 15 is 0 Å². The number of nitrogens with zero attached hydrogens (tertiary/aromatic N) is 1. The van der Waals surface area contributed by atoms with Gasteiger partial charge in [-0.1, -0.05) is 23.7 Å². The van der Waals surface area contributed by atoms with Crippen molar-refractivity contribution < 1.29 is 9.53 Å². The summed E-state index contributed by atoms with van der Waals surface area (Å²) in [6.45, 7) is 7.53. The largest absolute Gasteiger partial charge is 0.464 e. The molecule has 1 atom stereocenters. The van der Waals surface area contributed by atoms with Crippen LogP contribution in [0.5, 0.6) is 0 Å². The van der Waals surface area contributed by atoms with Crippen molar-refractivity contribution in [3.63, 3.8) is 0 Å². The molecule has 1 aromatic rings. The monoisotopic (exact) mass is 296 g/mol. The fourth-order valence-electron chi connectivity index (χ4n) is 2.59. The summed E-state index contributed by atoms with van der Waals surface area (Å²) in [4.78, 5) is 14.7. The van der Waals surface area contributed by atoms with Crippen LogP contribution in [0.2, 0.25) is 5.02 Å². The number of ether oxygens (including phenoxy) is 1. The topological polar surface area (TPSA) is 41.6 Å². The molecule has 1 aromatic carbocycles. The maximum Gasteiger partial charge on any atom is 0.330 e. The van der Waals surface area contributed by atoms with E-state index in [9.17, 15) is 4.79 Å². The zero-order chi connectivity index (χ0) is 14.6.